The van der Waals surface area contributed by atoms with E-state index in [0.29, 0.717) is 11.6 Å². The summed E-state index contributed by atoms with van der Waals surface area (Å²) in [7, 11) is 0. The molecule has 0 spiro atoms. The van der Waals surface area contributed by atoms with Crippen molar-refractivity contribution in [2.45, 2.75) is 33.7 Å². The van der Waals surface area contributed by atoms with Crippen LogP contribution >= 0.6 is 0 Å². The van der Waals surface area contributed by atoms with Crippen molar-refractivity contribution in [3.63, 3.8) is 0 Å². The summed E-state index contributed by atoms with van der Waals surface area (Å²) in [4.78, 5) is 6.86. The van der Waals surface area contributed by atoms with E-state index in [1.165, 1.54) is 6.42 Å². The van der Waals surface area contributed by atoms with Crippen molar-refractivity contribution < 1.29 is 4.42 Å². The third kappa shape index (κ3) is 3.26. The highest BCUT2D eigenvalue weighted by molar-refractivity contribution is 5.85. The zero-order chi connectivity index (χ0) is 13.8. The Morgan fingerprint density at radius 1 is 1.37 bits per heavy atom. The summed E-state index contributed by atoms with van der Waals surface area (Å²) < 4.78 is 5.76. The van der Waals surface area contributed by atoms with Crippen molar-refractivity contribution in [2.75, 3.05) is 18.8 Å². The molecule has 19 heavy (non-hydrogen) atoms. The molecule has 0 radical (unpaired) electrons. The third-order valence-corrected chi connectivity index (χ3v) is 3.57. The molecule has 2 N–H and O–H groups in total. The molecule has 0 aliphatic rings. The number of nitrogen functional groups attached to an aromatic ring is 1. The van der Waals surface area contributed by atoms with Crippen LogP contribution in [-0.2, 0) is 6.54 Å². The molecule has 1 atom stereocenters. The maximum absolute atomic E-state index is 5.90. The van der Waals surface area contributed by atoms with Crippen molar-refractivity contribution >= 4 is 16.8 Å². The lowest BCUT2D eigenvalue weighted by atomic mass is 10.1. The quantitative estimate of drug-likeness (QED) is 0.811. The Morgan fingerprint density at radius 3 is 2.79 bits per heavy atom. The Hall–Kier alpha value is -1.55. The number of anilines is 1. The van der Waals surface area contributed by atoms with E-state index < -0.39 is 0 Å². The van der Waals surface area contributed by atoms with E-state index in [1.54, 1.807) is 0 Å². The summed E-state index contributed by atoms with van der Waals surface area (Å²) in [5.74, 6) is 1.44. The molecule has 0 aliphatic carbocycles. The minimum absolute atomic E-state index is 0.678. The highest BCUT2D eigenvalue weighted by Gasteiger charge is 2.13. The van der Waals surface area contributed by atoms with Gasteiger partial charge in [-0.3, -0.25) is 4.90 Å². The Bertz CT molecular complexity index is 535. The molecule has 2 rings (SSSR count). The summed E-state index contributed by atoms with van der Waals surface area (Å²) in [6, 6.07) is 5.65. The van der Waals surface area contributed by atoms with Gasteiger partial charge in [-0.05, 0) is 24.6 Å². The SMILES string of the molecule is CCC(C)CN(CC)Cc1nc2c(N)cccc2o1. The zero-order valence-corrected chi connectivity index (χ0v) is 12.0. The fraction of sp³-hybridized carbons (Fsp3) is 0.533. The van der Waals surface area contributed by atoms with Crippen LogP contribution in [0.1, 0.15) is 33.1 Å². The molecule has 1 aromatic heterocycles. The van der Waals surface area contributed by atoms with Gasteiger partial charge in [0.2, 0.25) is 5.89 Å². The number of oxazole rings is 1. The van der Waals surface area contributed by atoms with Crippen LogP contribution in [0.25, 0.3) is 11.1 Å². The number of hydrogen-bond acceptors (Lipinski definition) is 4. The minimum atomic E-state index is 0.678. The average Bonchev–Trinajstić information content (AvgIpc) is 2.81. The number of hydrogen-bond donors (Lipinski definition) is 1. The summed E-state index contributed by atoms with van der Waals surface area (Å²) in [5.41, 5.74) is 8.13. The topological polar surface area (TPSA) is 55.3 Å². The normalized spacial score (nSPS) is 13.3. The van der Waals surface area contributed by atoms with Gasteiger partial charge in [0, 0.05) is 6.54 Å². The third-order valence-electron chi connectivity index (χ3n) is 3.57. The molecular formula is C15H23N3O. The molecule has 0 saturated carbocycles. The number of benzene rings is 1. The van der Waals surface area contributed by atoms with Crippen LogP contribution in [0.15, 0.2) is 22.6 Å². The first-order chi connectivity index (χ1) is 9.13. The Morgan fingerprint density at radius 2 is 2.16 bits per heavy atom. The molecular weight excluding hydrogens is 238 g/mol. The van der Waals surface area contributed by atoms with Crippen LogP contribution in [0, 0.1) is 5.92 Å². The van der Waals surface area contributed by atoms with Crippen molar-refractivity contribution in [1.82, 2.24) is 9.88 Å². The number of nitrogens with two attached hydrogens (primary N) is 1. The molecule has 1 aromatic carbocycles. The second-order valence-corrected chi connectivity index (χ2v) is 5.14. The van der Waals surface area contributed by atoms with Crippen molar-refractivity contribution in [3.8, 4) is 0 Å². The van der Waals surface area contributed by atoms with Gasteiger partial charge in [-0.15, -0.1) is 0 Å². The first-order valence-electron chi connectivity index (χ1n) is 7.00. The van der Waals surface area contributed by atoms with Crippen molar-refractivity contribution in [2.24, 2.45) is 5.92 Å². The highest BCUT2D eigenvalue weighted by Crippen LogP contribution is 2.22. The van der Waals surface area contributed by atoms with Gasteiger partial charge in [-0.25, -0.2) is 4.98 Å². The predicted molar refractivity (Wildman–Crippen MR) is 78.8 cm³/mol. The number of aromatic nitrogens is 1. The first kappa shape index (κ1) is 13.9. The highest BCUT2D eigenvalue weighted by atomic mass is 16.3. The van der Waals surface area contributed by atoms with Crippen LogP contribution in [0.5, 0.6) is 0 Å². The van der Waals surface area contributed by atoms with Gasteiger partial charge < -0.3 is 10.2 Å². The van der Waals surface area contributed by atoms with E-state index in [1.807, 2.05) is 18.2 Å². The molecule has 0 bridgehead atoms. The molecule has 0 saturated heterocycles. The second-order valence-electron chi connectivity index (χ2n) is 5.14. The lowest BCUT2D eigenvalue weighted by Gasteiger charge is -2.21. The molecule has 0 aliphatic heterocycles. The van der Waals surface area contributed by atoms with Gasteiger partial charge >= 0.3 is 0 Å². The predicted octanol–water partition coefficient (Wildman–Crippen LogP) is 3.28. The van der Waals surface area contributed by atoms with E-state index in [4.69, 9.17) is 10.2 Å². The summed E-state index contributed by atoms with van der Waals surface area (Å²) >= 11 is 0. The van der Waals surface area contributed by atoms with E-state index in [9.17, 15) is 0 Å². The summed E-state index contributed by atoms with van der Waals surface area (Å²) in [6.45, 7) is 9.47. The van der Waals surface area contributed by atoms with Crippen molar-refractivity contribution in [1.29, 1.82) is 0 Å². The lowest BCUT2D eigenvalue weighted by molar-refractivity contribution is 0.219. The van der Waals surface area contributed by atoms with Crippen LogP contribution in [-0.4, -0.2) is 23.0 Å². The average molecular weight is 261 g/mol. The molecule has 104 valence electrons. The lowest BCUT2D eigenvalue weighted by Crippen LogP contribution is -2.27. The van der Waals surface area contributed by atoms with E-state index in [0.717, 1.165) is 36.6 Å². The van der Waals surface area contributed by atoms with E-state index in [2.05, 4.69) is 30.7 Å². The molecule has 1 unspecified atom stereocenters. The molecule has 2 aromatic rings. The summed E-state index contributed by atoms with van der Waals surface area (Å²) in [6.07, 6.45) is 1.19. The van der Waals surface area contributed by atoms with Crippen LogP contribution < -0.4 is 5.73 Å². The Balaban J connectivity index is 2.13. The van der Waals surface area contributed by atoms with E-state index >= 15 is 0 Å². The smallest absolute Gasteiger partial charge is 0.209 e. The standard InChI is InChI=1S/C15H23N3O/c1-4-11(3)9-18(5-2)10-14-17-15-12(16)7-6-8-13(15)19-14/h6-8,11H,4-5,9-10,16H2,1-3H3. The number of para-hydroxylation sites is 1. The van der Waals surface area contributed by atoms with Gasteiger partial charge in [0.1, 0.15) is 5.52 Å². The molecule has 4 heteroatoms. The maximum atomic E-state index is 5.90. The largest absolute Gasteiger partial charge is 0.439 e. The fourth-order valence-corrected chi connectivity index (χ4v) is 2.15. The van der Waals surface area contributed by atoms with Gasteiger partial charge in [0.25, 0.3) is 0 Å². The first-order valence-corrected chi connectivity index (χ1v) is 7.00. The summed E-state index contributed by atoms with van der Waals surface area (Å²) in [5, 5.41) is 0. The Labute approximate surface area is 114 Å². The minimum Gasteiger partial charge on any atom is -0.439 e. The number of fused-ring (bicyclic) bond motifs is 1. The molecule has 0 amide bonds. The Kier molecular flexibility index (Phi) is 4.43. The van der Waals surface area contributed by atoms with Crippen LogP contribution in [0.2, 0.25) is 0 Å². The zero-order valence-electron chi connectivity index (χ0n) is 12.0. The molecule has 1 heterocycles. The van der Waals surface area contributed by atoms with Crippen molar-refractivity contribution in [3.05, 3.63) is 24.1 Å². The van der Waals surface area contributed by atoms with Gasteiger partial charge in [0.05, 0.1) is 12.2 Å². The monoisotopic (exact) mass is 261 g/mol. The fourth-order valence-electron chi connectivity index (χ4n) is 2.15. The van der Waals surface area contributed by atoms with Gasteiger partial charge in [0.15, 0.2) is 5.58 Å². The molecule has 4 nitrogen and oxygen atoms in total. The van der Waals surface area contributed by atoms with E-state index in [-0.39, 0.29) is 0 Å². The number of rotatable bonds is 6. The second kappa shape index (κ2) is 6.06. The molecule has 0 fully saturated rings. The van der Waals surface area contributed by atoms with Crippen LogP contribution in [0.3, 0.4) is 0 Å². The van der Waals surface area contributed by atoms with Gasteiger partial charge in [-0.1, -0.05) is 33.3 Å². The van der Waals surface area contributed by atoms with Gasteiger partial charge in [-0.2, -0.15) is 0 Å². The number of nitrogens with zero attached hydrogens (tertiary/aromatic N) is 2. The van der Waals surface area contributed by atoms with Crippen LogP contribution in [0.4, 0.5) is 5.69 Å². The maximum Gasteiger partial charge on any atom is 0.209 e.